The molecule has 0 unspecified atom stereocenters. The molecule has 2 aromatic carbocycles. The predicted molar refractivity (Wildman–Crippen MR) is 120 cm³/mol. The second-order valence-electron chi connectivity index (χ2n) is 8.20. The van der Waals surface area contributed by atoms with Gasteiger partial charge in [-0.05, 0) is 49.2 Å². The molecule has 0 aliphatic carbocycles. The Hall–Kier alpha value is -3.06. The van der Waals surface area contributed by atoms with Gasteiger partial charge in [-0.1, -0.05) is 12.1 Å². The highest BCUT2D eigenvalue weighted by Gasteiger charge is 2.26. The number of hydrogen-bond acceptors (Lipinski definition) is 5. The van der Waals surface area contributed by atoms with Crippen molar-refractivity contribution >= 4 is 11.8 Å². The zero-order chi connectivity index (χ0) is 22.3. The molecule has 0 aromatic heterocycles. The fraction of sp³-hybridized carbons (Fsp3) is 0.440. The van der Waals surface area contributed by atoms with Gasteiger partial charge in [0.2, 0.25) is 0 Å². The van der Waals surface area contributed by atoms with Crippen molar-refractivity contribution in [3.8, 4) is 11.5 Å². The van der Waals surface area contributed by atoms with E-state index in [0.717, 1.165) is 25.1 Å². The number of piperidine rings is 1. The summed E-state index contributed by atoms with van der Waals surface area (Å²) in [4.78, 5) is 29.3. The van der Waals surface area contributed by atoms with Gasteiger partial charge >= 0.3 is 0 Å². The molecule has 7 heteroatoms. The lowest BCUT2D eigenvalue weighted by atomic mass is 9.98. The van der Waals surface area contributed by atoms with E-state index in [1.165, 1.54) is 0 Å². The Balaban J connectivity index is 1.31. The molecule has 0 bridgehead atoms. The van der Waals surface area contributed by atoms with E-state index in [9.17, 15) is 9.59 Å². The summed E-state index contributed by atoms with van der Waals surface area (Å²) in [5.41, 5.74) is 1.25. The molecule has 2 aliphatic rings. The van der Waals surface area contributed by atoms with Crippen molar-refractivity contribution in [2.24, 2.45) is 5.92 Å². The molecule has 2 amide bonds. The number of nitrogens with zero attached hydrogens (tertiary/aromatic N) is 2. The van der Waals surface area contributed by atoms with E-state index in [1.54, 1.807) is 13.2 Å². The summed E-state index contributed by atoms with van der Waals surface area (Å²) in [5.74, 6) is 1.62. The monoisotopic (exact) mass is 438 g/mol. The van der Waals surface area contributed by atoms with Crippen molar-refractivity contribution in [1.82, 2.24) is 9.80 Å². The highest BCUT2D eigenvalue weighted by Crippen LogP contribution is 2.24. The molecule has 7 nitrogen and oxygen atoms in total. The number of para-hydroxylation sites is 1. The third kappa shape index (κ3) is 5.22. The minimum atomic E-state index is -0.00173. The van der Waals surface area contributed by atoms with Gasteiger partial charge in [0.15, 0.2) is 0 Å². The van der Waals surface area contributed by atoms with Gasteiger partial charge in [-0.2, -0.15) is 0 Å². The number of carbonyl (C=O) groups excluding carboxylic acids is 2. The van der Waals surface area contributed by atoms with Crippen LogP contribution < -0.4 is 9.47 Å². The summed E-state index contributed by atoms with van der Waals surface area (Å²) in [6.45, 7) is 4.37. The SMILES string of the molecule is COc1ccccc1C(=O)N1CCC[C@H](COc2ccc(C(=O)N3CCOCC3)cc2)C1. The fourth-order valence-electron chi connectivity index (χ4n) is 4.23. The number of methoxy groups -OCH3 is 1. The largest absolute Gasteiger partial charge is 0.496 e. The molecule has 0 spiro atoms. The summed E-state index contributed by atoms with van der Waals surface area (Å²) < 4.78 is 16.7. The molecular formula is C25H30N2O5. The Morgan fingerprint density at radius 2 is 1.72 bits per heavy atom. The number of benzene rings is 2. The standard InChI is InChI=1S/C25H30N2O5/c1-30-23-7-3-2-6-22(23)25(29)27-12-4-5-19(17-27)18-32-21-10-8-20(9-11-21)24(28)26-13-15-31-16-14-26/h2-3,6-11,19H,4-5,12-18H2,1H3/t19-/m0/s1. The first kappa shape index (κ1) is 22.1. The minimum absolute atomic E-state index is 0.00173. The van der Waals surface area contributed by atoms with Gasteiger partial charge in [0.25, 0.3) is 11.8 Å². The highest BCUT2D eigenvalue weighted by molar-refractivity contribution is 5.97. The van der Waals surface area contributed by atoms with Gasteiger partial charge < -0.3 is 24.0 Å². The zero-order valence-electron chi connectivity index (χ0n) is 18.5. The number of hydrogen-bond donors (Lipinski definition) is 0. The zero-order valence-corrected chi connectivity index (χ0v) is 18.5. The molecule has 0 radical (unpaired) electrons. The van der Waals surface area contributed by atoms with Crippen LogP contribution in [0.2, 0.25) is 0 Å². The smallest absolute Gasteiger partial charge is 0.257 e. The van der Waals surface area contributed by atoms with Crippen LogP contribution in [0.25, 0.3) is 0 Å². The van der Waals surface area contributed by atoms with Gasteiger partial charge in [0, 0.05) is 37.7 Å². The van der Waals surface area contributed by atoms with Crippen LogP contribution in [0.4, 0.5) is 0 Å². The van der Waals surface area contributed by atoms with Crippen LogP contribution in [0, 0.1) is 5.92 Å². The molecule has 0 N–H and O–H groups in total. The van der Waals surface area contributed by atoms with Crippen LogP contribution in [-0.4, -0.2) is 74.7 Å². The average Bonchev–Trinajstić information content (AvgIpc) is 2.87. The Kier molecular flexibility index (Phi) is 7.27. The van der Waals surface area contributed by atoms with Crippen LogP contribution >= 0.6 is 0 Å². The first-order valence-electron chi connectivity index (χ1n) is 11.2. The van der Waals surface area contributed by atoms with E-state index in [-0.39, 0.29) is 17.7 Å². The van der Waals surface area contributed by atoms with Crippen molar-refractivity contribution in [2.45, 2.75) is 12.8 Å². The number of likely N-dealkylation sites (tertiary alicyclic amines) is 1. The van der Waals surface area contributed by atoms with Crippen molar-refractivity contribution in [3.05, 3.63) is 59.7 Å². The molecule has 2 fully saturated rings. The summed E-state index contributed by atoms with van der Waals surface area (Å²) >= 11 is 0. The Bertz CT molecular complexity index is 924. The molecule has 2 heterocycles. The summed E-state index contributed by atoms with van der Waals surface area (Å²) in [7, 11) is 1.58. The number of rotatable bonds is 6. The molecule has 2 aromatic rings. The molecule has 2 saturated heterocycles. The Morgan fingerprint density at radius 1 is 0.969 bits per heavy atom. The maximum atomic E-state index is 13.0. The van der Waals surface area contributed by atoms with Gasteiger partial charge in [-0.25, -0.2) is 0 Å². The topological polar surface area (TPSA) is 68.3 Å². The molecule has 1 atom stereocenters. The predicted octanol–water partition coefficient (Wildman–Crippen LogP) is 3.10. The molecule has 2 aliphatic heterocycles. The van der Waals surface area contributed by atoms with E-state index < -0.39 is 0 Å². The van der Waals surface area contributed by atoms with Crippen molar-refractivity contribution < 1.29 is 23.8 Å². The molecule has 170 valence electrons. The van der Waals surface area contributed by atoms with E-state index in [1.807, 2.05) is 52.3 Å². The Morgan fingerprint density at radius 3 is 2.47 bits per heavy atom. The maximum Gasteiger partial charge on any atom is 0.257 e. The number of morpholine rings is 1. The van der Waals surface area contributed by atoms with E-state index >= 15 is 0 Å². The van der Waals surface area contributed by atoms with E-state index in [2.05, 4.69) is 0 Å². The summed E-state index contributed by atoms with van der Waals surface area (Å²) in [6.07, 6.45) is 1.96. The molecule has 0 saturated carbocycles. The molecule has 4 rings (SSSR count). The second-order valence-corrected chi connectivity index (χ2v) is 8.20. The summed E-state index contributed by atoms with van der Waals surface area (Å²) in [6, 6.07) is 14.6. The van der Waals surface area contributed by atoms with E-state index in [4.69, 9.17) is 14.2 Å². The van der Waals surface area contributed by atoms with Gasteiger partial charge in [0.1, 0.15) is 11.5 Å². The normalized spacial score (nSPS) is 18.8. The fourth-order valence-corrected chi connectivity index (χ4v) is 4.23. The van der Waals surface area contributed by atoms with Crippen LogP contribution in [0.3, 0.4) is 0 Å². The van der Waals surface area contributed by atoms with Gasteiger partial charge in [-0.3, -0.25) is 9.59 Å². The van der Waals surface area contributed by atoms with Crippen molar-refractivity contribution in [1.29, 1.82) is 0 Å². The lowest BCUT2D eigenvalue weighted by Crippen LogP contribution is -2.41. The molecular weight excluding hydrogens is 408 g/mol. The number of carbonyl (C=O) groups is 2. The second kappa shape index (κ2) is 10.5. The van der Waals surface area contributed by atoms with Crippen molar-refractivity contribution in [3.63, 3.8) is 0 Å². The van der Waals surface area contributed by atoms with Crippen LogP contribution in [0.15, 0.2) is 48.5 Å². The first-order valence-corrected chi connectivity index (χ1v) is 11.2. The number of ether oxygens (including phenoxy) is 3. The van der Waals surface area contributed by atoms with Crippen LogP contribution in [0.5, 0.6) is 11.5 Å². The Labute approximate surface area is 188 Å². The van der Waals surface area contributed by atoms with Gasteiger partial charge in [-0.15, -0.1) is 0 Å². The highest BCUT2D eigenvalue weighted by atomic mass is 16.5. The van der Waals surface area contributed by atoms with E-state index in [0.29, 0.717) is 56.3 Å². The molecule has 32 heavy (non-hydrogen) atoms. The van der Waals surface area contributed by atoms with Crippen molar-refractivity contribution in [2.75, 3.05) is 53.1 Å². The minimum Gasteiger partial charge on any atom is -0.496 e. The third-order valence-corrected chi connectivity index (χ3v) is 6.03. The number of amides is 2. The van der Waals surface area contributed by atoms with Crippen LogP contribution in [0.1, 0.15) is 33.6 Å². The first-order chi connectivity index (χ1) is 15.7. The van der Waals surface area contributed by atoms with Crippen LogP contribution in [-0.2, 0) is 4.74 Å². The summed E-state index contributed by atoms with van der Waals surface area (Å²) in [5, 5.41) is 0. The average molecular weight is 439 g/mol. The lowest BCUT2D eigenvalue weighted by molar-refractivity contribution is 0.0303. The maximum absolute atomic E-state index is 13.0. The third-order valence-electron chi connectivity index (χ3n) is 6.03. The lowest BCUT2D eigenvalue weighted by Gasteiger charge is -2.33. The quantitative estimate of drug-likeness (QED) is 0.693. The van der Waals surface area contributed by atoms with Gasteiger partial charge in [0.05, 0.1) is 32.5 Å².